The highest BCUT2D eigenvalue weighted by molar-refractivity contribution is 7.07. The van der Waals surface area contributed by atoms with Crippen LogP contribution < -0.4 is 14.9 Å². The zero-order valence-corrected chi connectivity index (χ0v) is 12.1. The van der Waals surface area contributed by atoms with Crippen LogP contribution in [0.25, 0.3) is 0 Å². The van der Waals surface area contributed by atoms with Crippen LogP contribution in [0.3, 0.4) is 0 Å². The van der Waals surface area contributed by atoms with Gasteiger partial charge < -0.3 is 10.1 Å². The molecule has 0 bridgehead atoms. The van der Waals surface area contributed by atoms with E-state index >= 15 is 0 Å². The molecule has 6 nitrogen and oxygen atoms in total. The topological polar surface area (TPSA) is 73.2 Å². The highest BCUT2D eigenvalue weighted by Crippen LogP contribution is 2.08. The quantitative estimate of drug-likeness (QED) is 0.890. The molecule has 0 aliphatic heterocycles. The summed E-state index contributed by atoms with van der Waals surface area (Å²) >= 11 is 1.10. The molecule has 1 N–H and O–H groups in total. The number of aromatic nitrogens is 2. The Balaban J connectivity index is 1.94. The number of methoxy groups -OCH3 is 1. The summed E-state index contributed by atoms with van der Waals surface area (Å²) in [5, 5.41) is 4.51. The van der Waals surface area contributed by atoms with Crippen LogP contribution in [0.2, 0.25) is 0 Å². The van der Waals surface area contributed by atoms with Gasteiger partial charge in [0, 0.05) is 29.9 Å². The molecule has 1 amide bonds. The smallest absolute Gasteiger partial charge is 0.307 e. The molecule has 0 spiro atoms. The van der Waals surface area contributed by atoms with Crippen molar-refractivity contribution in [2.75, 3.05) is 7.11 Å². The van der Waals surface area contributed by atoms with Crippen LogP contribution in [-0.2, 0) is 17.9 Å². The van der Waals surface area contributed by atoms with Gasteiger partial charge in [-0.05, 0) is 18.6 Å². The lowest BCUT2D eigenvalue weighted by Crippen LogP contribution is -2.30. The molecule has 2 heterocycles. The van der Waals surface area contributed by atoms with Crippen LogP contribution in [0, 0.1) is 6.92 Å². The van der Waals surface area contributed by atoms with Gasteiger partial charge in [0.15, 0.2) is 0 Å². The van der Waals surface area contributed by atoms with E-state index in [0.29, 0.717) is 12.4 Å². The molecule has 20 heavy (non-hydrogen) atoms. The van der Waals surface area contributed by atoms with Gasteiger partial charge in [-0.3, -0.25) is 14.2 Å². The fourth-order valence-electron chi connectivity index (χ4n) is 1.67. The number of amides is 1. The second-order valence-corrected chi connectivity index (χ2v) is 5.03. The molecule has 0 saturated heterocycles. The predicted molar refractivity (Wildman–Crippen MR) is 76.0 cm³/mol. The van der Waals surface area contributed by atoms with Crippen LogP contribution in [0.5, 0.6) is 5.88 Å². The first-order valence-electron chi connectivity index (χ1n) is 6.00. The summed E-state index contributed by atoms with van der Waals surface area (Å²) in [5.41, 5.74) is 1.68. The van der Waals surface area contributed by atoms with Crippen molar-refractivity contribution in [1.82, 2.24) is 14.9 Å². The minimum absolute atomic E-state index is 0.0381. The second-order valence-electron chi connectivity index (χ2n) is 4.21. The summed E-state index contributed by atoms with van der Waals surface area (Å²) in [4.78, 5) is 27.2. The first-order chi connectivity index (χ1) is 9.60. The Kier molecular flexibility index (Phi) is 4.52. The highest BCUT2D eigenvalue weighted by Gasteiger charge is 2.08. The number of hydrogen-bond acceptors (Lipinski definition) is 5. The van der Waals surface area contributed by atoms with Crippen molar-refractivity contribution in [3.05, 3.63) is 44.6 Å². The molecule has 0 aliphatic rings. The molecule has 0 unspecified atom stereocenters. The molecule has 0 aromatic carbocycles. The first-order valence-corrected chi connectivity index (χ1v) is 6.88. The summed E-state index contributed by atoms with van der Waals surface area (Å²) in [6.45, 7) is 2.21. The number of carbonyl (C=O) groups excluding carboxylic acids is 1. The van der Waals surface area contributed by atoms with E-state index in [2.05, 4.69) is 10.3 Å². The van der Waals surface area contributed by atoms with Crippen LogP contribution in [0.15, 0.2) is 28.5 Å². The molecule has 7 heteroatoms. The molecular weight excluding hydrogens is 278 g/mol. The Hall–Kier alpha value is -2.15. The van der Waals surface area contributed by atoms with E-state index in [-0.39, 0.29) is 17.3 Å². The third-order valence-electron chi connectivity index (χ3n) is 2.78. The lowest BCUT2D eigenvalue weighted by atomic mass is 10.2. The van der Waals surface area contributed by atoms with Gasteiger partial charge in [-0.15, -0.1) is 0 Å². The molecule has 0 atom stereocenters. The van der Waals surface area contributed by atoms with Gasteiger partial charge in [0.2, 0.25) is 11.8 Å². The van der Waals surface area contributed by atoms with Gasteiger partial charge in [0.1, 0.15) is 6.54 Å². The van der Waals surface area contributed by atoms with Crippen molar-refractivity contribution in [3.8, 4) is 5.88 Å². The number of nitrogens with one attached hydrogen (secondary N) is 1. The number of carbonyl (C=O) groups is 1. The van der Waals surface area contributed by atoms with E-state index < -0.39 is 0 Å². The van der Waals surface area contributed by atoms with Gasteiger partial charge in [0.05, 0.1) is 7.11 Å². The normalized spacial score (nSPS) is 10.3. The summed E-state index contributed by atoms with van der Waals surface area (Å²) in [5.74, 6) is 0.297. The zero-order chi connectivity index (χ0) is 14.5. The number of nitrogens with zero attached hydrogens (tertiary/aromatic N) is 2. The van der Waals surface area contributed by atoms with Crippen molar-refractivity contribution in [1.29, 1.82) is 0 Å². The molecule has 0 saturated carbocycles. The lowest BCUT2D eigenvalue weighted by molar-refractivity contribution is -0.121. The van der Waals surface area contributed by atoms with Crippen molar-refractivity contribution in [2.24, 2.45) is 0 Å². The Morgan fingerprint density at radius 2 is 2.35 bits per heavy atom. The van der Waals surface area contributed by atoms with E-state index in [1.54, 1.807) is 30.6 Å². The maximum Gasteiger partial charge on any atom is 0.307 e. The van der Waals surface area contributed by atoms with Crippen LogP contribution in [-0.4, -0.2) is 22.6 Å². The molecule has 0 aliphatic carbocycles. The van der Waals surface area contributed by atoms with Gasteiger partial charge in [-0.1, -0.05) is 11.3 Å². The van der Waals surface area contributed by atoms with Gasteiger partial charge in [-0.2, -0.15) is 0 Å². The number of rotatable bonds is 5. The maximum absolute atomic E-state index is 11.8. The monoisotopic (exact) mass is 293 g/mol. The molecular formula is C13H15N3O3S. The molecule has 2 rings (SSSR count). The Morgan fingerprint density at radius 3 is 3.00 bits per heavy atom. The molecule has 106 valence electrons. The number of aryl methyl sites for hydroxylation is 1. The third-order valence-corrected chi connectivity index (χ3v) is 3.66. The standard InChI is InChI=1S/C13H15N3O3S/c1-9-8-20-13(18)16(9)7-11(17)15-6-10-3-4-14-12(5-10)19-2/h3-5,8H,6-7H2,1-2H3,(H,15,17). The largest absolute Gasteiger partial charge is 0.481 e. The Morgan fingerprint density at radius 1 is 1.55 bits per heavy atom. The first kappa shape index (κ1) is 14.3. The fraction of sp³-hybridized carbons (Fsp3) is 0.308. The van der Waals surface area contributed by atoms with E-state index in [9.17, 15) is 9.59 Å². The van der Waals surface area contributed by atoms with Crippen molar-refractivity contribution >= 4 is 17.2 Å². The second kappa shape index (κ2) is 6.33. The fourth-order valence-corrected chi connectivity index (χ4v) is 2.40. The van der Waals surface area contributed by atoms with Crippen molar-refractivity contribution in [2.45, 2.75) is 20.0 Å². The van der Waals surface area contributed by atoms with Gasteiger partial charge in [0.25, 0.3) is 0 Å². The number of hydrogen-bond donors (Lipinski definition) is 1. The minimum atomic E-state index is -0.204. The third kappa shape index (κ3) is 3.45. The Bertz CT molecular complexity index is 663. The van der Waals surface area contributed by atoms with Crippen LogP contribution in [0.1, 0.15) is 11.3 Å². The molecule has 2 aromatic rings. The molecule has 2 aromatic heterocycles. The highest BCUT2D eigenvalue weighted by atomic mass is 32.1. The summed E-state index contributed by atoms with van der Waals surface area (Å²) in [6.07, 6.45) is 1.62. The van der Waals surface area contributed by atoms with Crippen molar-refractivity contribution < 1.29 is 9.53 Å². The van der Waals surface area contributed by atoms with Gasteiger partial charge >= 0.3 is 4.87 Å². The van der Waals surface area contributed by atoms with E-state index in [0.717, 1.165) is 22.6 Å². The van der Waals surface area contributed by atoms with Crippen molar-refractivity contribution in [3.63, 3.8) is 0 Å². The van der Waals surface area contributed by atoms with Gasteiger partial charge in [-0.25, -0.2) is 4.98 Å². The van der Waals surface area contributed by atoms with E-state index in [1.807, 2.05) is 0 Å². The van der Waals surface area contributed by atoms with Crippen LogP contribution in [0.4, 0.5) is 0 Å². The predicted octanol–water partition coefficient (Wildman–Crippen LogP) is 0.938. The summed E-state index contributed by atoms with van der Waals surface area (Å²) in [7, 11) is 1.54. The maximum atomic E-state index is 11.8. The average Bonchev–Trinajstić information content (AvgIpc) is 2.77. The number of ether oxygens (including phenoxy) is 1. The molecule has 0 fully saturated rings. The lowest BCUT2D eigenvalue weighted by Gasteiger charge is -2.07. The minimum Gasteiger partial charge on any atom is -0.481 e. The Labute approximate surface area is 120 Å². The summed E-state index contributed by atoms with van der Waals surface area (Å²) < 4.78 is 6.46. The number of pyridine rings is 1. The van der Waals surface area contributed by atoms with E-state index in [1.165, 1.54) is 11.7 Å². The summed E-state index contributed by atoms with van der Waals surface area (Å²) in [6, 6.07) is 3.55. The van der Waals surface area contributed by atoms with E-state index in [4.69, 9.17) is 4.74 Å². The SMILES string of the molecule is COc1cc(CNC(=O)Cn2c(C)csc2=O)ccn1. The molecule has 0 radical (unpaired) electrons. The number of thiazole rings is 1. The van der Waals surface area contributed by atoms with Crippen LogP contribution >= 0.6 is 11.3 Å². The average molecular weight is 293 g/mol. The zero-order valence-electron chi connectivity index (χ0n) is 11.3.